The Hall–Kier alpha value is -2.04. The Kier molecular flexibility index (Phi) is 9.94. The first-order valence-electron chi connectivity index (χ1n) is 14.4. The highest BCUT2D eigenvalue weighted by molar-refractivity contribution is 7.89. The molecule has 11 heteroatoms. The molecule has 0 unspecified atom stereocenters. The van der Waals surface area contributed by atoms with Gasteiger partial charge >= 0.3 is 0 Å². The van der Waals surface area contributed by atoms with E-state index in [0.29, 0.717) is 51.2 Å². The van der Waals surface area contributed by atoms with Gasteiger partial charge in [-0.3, -0.25) is 9.59 Å². The van der Waals surface area contributed by atoms with Gasteiger partial charge in [0.15, 0.2) is 0 Å². The molecule has 9 nitrogen and oxygen atoms in total. The molecule has 0 saturated carbocycles. The maximum absolute atomic E-state index is 13.9. The standard InChI is InChI=1S/C29H44ClN3O6S/c1-18(2)23-10-9-19(3)11-29(35)33-16-20-12-21(24(33)7-6-8-28(34)31-23)17-32(15-20)40(36,37)27-14-25(38-4)22(30)13-26(27)39-5/h13-14,18-21,23-24H,6-12,15-17H2,1-5H3,(H,31,34)/t19-,20+,21-,23+,24+/m1/s1. The lowest BCUT2D eigenvalue weighted by molar-refractivity contribution is -0.141. The van der Waals surface area contributed by atoms with Crippen LogP contribution in [0.4, 0.5) is 0 Å². The number of nitrogens with zero attached hydrogens (tertiary/aromatic N) is 2. The number of nitrogens with one attached hydrogen (secondary N) is 1. The number of hydrogen-bond acceptors (Lipinski definition) is 6. The van der Waals surface area contributed by atoms with Gasteiger partial charge in [0.05, 0.1) is 19.2 Å². The Morgan fingerprint density at radius 3 is 2.42 bits per heavy atom. The van der Waals surface area contributed by atoms with Crippen LogP contribution in [0.2, 0.25) is 5.02 Å². The summed E-state index contributed by atoms with van der Waals surface area (Å²) in [5, 5.41) is 3.48. The summed E-state index contributed by atoms with van der Waals surface area (Å²) >= 11 is 6.23. The minimum atomic E-state index is -3.92. The molecule has 1 aromatic carbocycles. The number of ether oxygens (including phenoxy) is 2. The van der Waals surface area contributed by atoms with Crippen molar-refractivity contribution in [3.63, 3.8) is 0 Å². The molecule has 1 N–H and O–H groups in total. The molecule has 0 radical (unpaired) electrons. The molecule has 1 aromatic rings. The number of halogens is 1. The van der Waals surface area contributed by atoms with Crippen LogP contribution in [0.3, 0.4) is 0 Å². The van der Waals surface area contributed by atoms with Gasteiger partial charge in [0, 0.05) is 56.7 Å². The topological polar surface area (TPSA) is 105 Å². The molecule has 3 saturated heterocycles. The van der Waals surface area contributed by atoms with Gasteiger partial charge in [-0.15, -0.1) is 0 Å². The second-order valence-corrected chi connectivity index (χ2v) is 14.4. The van der Waals surface area contributed by atoms with Crippen LogP contribution in [-0.4, -0.2) is 75.4 Å². The summed E-state index contributed by atoms with van der Waals surface area (Å²) in [6.45, 7) is 7.51. The van der Waals surface area contributed by atoms with Gasteiger partial charge < -0.3 is 19.7 Å². The fourth-order valence-electron chi connectivity index (χ4n) is 6.63. The Morgan fingerprint density at radius 1 is 1.02 bits per heavy atom. The molecule has 2 bridgehead atoms. The molecule has 224 valence electrons. The monoisotopic (exact) mass is 597 g/mol. The summed E-state index contributed by atoms with van der Waals surface area (Å²) in [5.74, 6) is 1.18. The number of rotatable bonds is 5. The van der Waals surface area contributed by atoms with E-state index in [1.54, 1.807) is 0 Å². The average Bonchev–Trinajstić information content (AvgIpc) is 2.91. The predicted molar refractivity (Wildman–Crippen MR) is 154 cm³/mol. The summed E-state index contributed by atoms with van der Waals surface area (Å²) in [6.07, 6.45) is 4.78. The van der Waals surface area contributed by atoms with Crippen LogP contribution in [0.1, 0.15) is 65.7 Å². The number of methoxy groups -OCH3 is 2. The summed E-state index contributed by atoms with van der Waals surface area (Å²) in [6, 6.07) is 2.88. The van der Waals surface area contributed by atoms with E-state index < -0.39 is 10.0 Å². The van der Waals surface area contributed by atoms with E-state index in [1.807, 2.05) is 4.90 Å². The summed E-state index contributed by atoms with van der Waals surface area (Å²) in [7, 11) is -1.07. The zero-order chi connectivity index (χ0) is 29.2. The Bertz CT molecular complexity index is 1190. The zero-order valence-corrected chi connectivity index (χ0v) is 25.9. The van der Waals surface area contributed by atoms with E-state index in [1.165, 1.54) is 30.7 Å². The van der Waals surface area contributed by atoms with Crippen LogP contribution >= 0.6 is 11.6 Å². The van der Waals surface area contributed by atoms with Gasteiger partial charge in [-0.1, -0.05) is 32.4 Å². The van der Waals surface area contributed by atoms with Crippen LogP contribution < -0.4 is 14.8 Å². The van der Waals surface area contributed by atoms with Crippen molar-refractivity contribution in [2.75, 3.05) is 33.9 Å². The molecule has 5 atom stereocenters. The van der Waals surface area contributed by atoms with Gasteiger partial charge in [-0.2, -0.15) is 4.31 Å². The summed E-state index contributed by atoms with van der Waals surface area (Å²) < 4.78 is 40.1. The quantitative estimate of drug-likeness (QED) is 0.542. The SMILES string of the molecule is COc1cc(S(=O)(=O)N2C[C@@H]3C[C@H](C2)[C@@H]2CCCC(=O)N[C@H](C(C)C)CC[C@@H](C)CC(=O)N2C3)c(OC)cc1Cl. The first kappa shape index (κ1) is 30.9. The number of sulfonamides is 1. The van der Waals surface area contributed by atoms with Crippen LogP contribution in [0, 0.1) is 23.7 Å². The molecule has 3 fully saturated rings. The van der Waals surface area contributed by atoms with Crippen molar-refractivity contribution in [2.24, 2.45) is 23.7 Å². The third-order valence-electron chi connectivity index (χ3n) is 8.86. The largest absolute Gasteiger partial charge is 0.495 e. The molecule has 0 aliphatic carbocycles. The van der Waals surface area contributed by atoms with Crippen molar-refractivity contribution in [3.05, 3.63) is 17.2 Å². The number of amides is 2. The predicted octanol–water partition coefficient (Wildman–Crippen LogP) is 4.33. The Morgan fingerprint density at radius 2 is 1.75 bits per heavy atom. The second kappa shape index (κ2) is 12.9. The van der Waals surface area contributed by atoms with Crippen molar-refractivity contribution in [3.8, 4) is 11.5 Å². The van der Waals surface area contributed by atoms with E-state index in [4.69, 9.17) is 21.1 Å². The van der Waals surface area contributed by atoms with E-state index in [0.717, 1.165) is 19.3 Å². The highest BCUT2D eigenvalue weighted by Crippen LogP contribution is 2.41. The van der Waals surface area contributed by atoms with Gasteiger partial charge in [0.25, 0.3) is 0 Å². The first-order chi connectivity index (χ1) is 18.9. The molecule has 3 aliphatic heterocycles. The Labute approximate surface area is 243 Å². The van der Waals surface area contributed by atoms with E-state index in [9.17, 15) is 18.0 Å². The zero-order valence-electron chi connectivity index (χ0n) is 24.3. The third kappa shape index (κ3) is 6.71. The molecule has 3 heterocycles. The summed E-state index contributed by atoms with van der Waals surface area (Å²) in [4.78, 5) is 28.4. The number of carbonyl (C=O) groups is 2. The molecule has 4 rings (SSSR count). The average molecular weight is 598 g/mol. The molecule has 3 aliphatic rings. The molecule has 40 heavy (non-hydrogen) atoms. The number of hydrogen-bond donors (Lipinski definition) is 1. The van der Waals surface area contributed by atoms with Crippen LogP contribution in [-0.2, 0) is 19.6 Å². The van der Waals surface area contributed by atoms with Crippen molar-refractivity contribution in [1.82, 2.24) is 14.5 Å². The van der Waals surface area contributed by atoms with Crippen molar-refractivity contribution < 1.29 is 27.5 Å². The highest BCUT2D eigenvalue weighted by atomic mass is 35.5. The Balaban J connectivity index is 1.59. The minimum Gasteiger partial charge on any atom is -0.495 e. The lowest BCUT2D eigenvalue weighted by atomic mass is 9.78. The van der Waals surface area contributed by atoms with E-state index in [-0.39, 0.29) is 63.1 Å². The second-order valence-electron chi connectivity index (χ2n) is 12.1. The maximum atomic E-state index is 13.9. The number of piperidine rings is 2. The van der Waals surface area contributed by atoms with Crippen molar-refractivity contribution >= 4 is 33.4 Å². The number of fused-ring (bicyclic) bond motifs is 4. The third-order valence-corrected chi connectivity index (χ3v) is 11.0. The van der Waals surface area contributed by atoms with Gasteiger partial charge in [0.1, 0.15) is 16.4 Å². The van der Waals surface area contributed by atoms with Crippen molar-refractivity contribution in [1.29, 1.82) is 0 Å². The molecule has 2 amide bonds. The highest BCUT2D eigenvalue weighted by Gasteiger charge is 2.46. The lowest BCUT2D eigenvalue weighted by Gasteiger charge is -2.50. The molecular formula is C29H44ClN3O6S. The molecule has 0 aromatic heterocycles. The van der Waals surface area contributed by atoms with E-state index >= 15 is 0 Å². The van der Waals surface area contributed by atoms with Crippen molar-refractivity contribution in [2.45, 2.75) is 82.7 Å². The number of carbonyl (C=O) groups excluding carboxylic acids is 2. The van der Waals surface area contributed by atoms with Gasteiger partial charge in [0.2, 0.25) is 21.8 Å². The smallest absolute Gasteiger partial charge is 0.246 e. The fraction of sp³-hybridized carbons (Fsp3) is 0.724. The molecule has 0 spiro atoms. The molecular weight excluding hydrogens is 554 g/mol. The van der Waals surface area contributed by atoms with Crippen LogP contribution in [0.5, 0.6) is 11.5 Å². The number of benzene rings is 1. The fourth-order valence-corrected chi connectivity index (χ4v) is 8.59. The normalized spacial score (nSPS) is 29.1. The summed E-state index contributed by atoms with van der Waals surface area (Å²) in [5.41, 5.74) is 0. The minimum absolute atomic E-state index is 0.0154. The first-order valence-corrected chi connectivity index (χ1v) is 16.3. The lowest BCUT2D eigenvalue weighted by Crippen LogP contribution is -2.60. The van der Waals surface area contributed by atoms with Crippen LogP contribution in [0.25, 0.3) is 0 Å². The van der Waals surface area contributed by atoms with Gasteiger partial charge in [-0.05, 0) is 55.8 Å². The van der Waals surface area contributed by atoms with E-state index in [2.05, 4.69) is 26.1 Å². The van der Waals surface area contributed by atoms with Crippen LogP contribution in [0.15, 0.2) is 17.0 Å². The maximum Gasteiger partial charge on any atom is 0.246 e. The van der Waals surface area contributed by atoms with Gasteiger partial charge in [-0.25, -0.2) is 8.42 Å².